The van der Waals surface area contributed by atoms with E-state index in [9.17, 15) is 19.3 Å². The maximum absolute atomic E-state index is 13.6. The predicted octanol–water partition coefficient (Wildman–Crippen LogP) is 2.26. The van der Waals surface area contributed by atoms with Crippen LogP contribution in [0.2, 0.25) is 0 Å². The van der Waals surface area contributed by atoms with Crippen LogP contribution in [0.4, 0.5) is 15.9 Å². The first-order valence-corrected chi connectivity index (χ1v) is 7.73. The molecule has 0 saturated carbocycles. The first-order chi connectivity index (χ1) is 12.5. The van der Waals surface area contributed by atoms with E-state index in [1.807, 2.05) is 0 Å². The van der Waals surface area contributed by atoms with Crippen LogP contribution in [0.15, 0.2) is 53.5 Å². The smallest absolute Gasteiger partial charge is 0.376 e. The van der Waals surface area contributed by atoms with E-state index >= 15 is 0 Å². The molecule has 1 aromatic carbocycles. The molecule has 26 heavy (non-hydrogen) atoms. The second-order valence-electron chi connectivity index (χ2n) is 5.48. The van der Waals surface area contributed by atoms with E-state index in [-0.39, 0.29) is 24.7 Å². The van der Waals surface area contributed by atoms with Crippen LogP contribution in [0.25, 0.3) is 5.65 Å². The molecule has 2 heterocycles. The Morgan fingerprint density at radius 3 is 2.73 bits per heavy atom. The minimum Gasteiger partial charge on any atom is -0.489 e. The molecule has 0 spiro atoms. The minimum absolute atomic E-state index is 0.0599. The van der Waals surface area contributed by atoms with Crippen LogP contribution in [-0.4, -0.2) is 34.5 Å². The summed E-state index contributed by atoms with van der Waals surface area (Å²) in [4.78, 5) is 28.7. The monoisotopic (exact) mass is 358 g/mol. The van der Waals surface area contributed by atoms with Crippen molar-refractivity contribution < 1.29 is 14.1 Å². The van der Waals surface area contributed by atoms with Crippen LogP contribution in [0.3, 0.4) is 0 Å². The zero-order valence-electron chi connectivity index (χ0n) is 13.8. The Hall–Kier alpha value is -3.49. The Balaban J connectivity index is 1.86. The molecule has 0 saturated heterocycles. The molecule has 0 fully saturated rings. The van der Waals surface area contributed by atoms with Crippen molar-refractivity contribution in [1.29, 1.82) is 0 Å². The number of ether oxygens (including phenoxy) is 1. The third-order valence-electron chi connectivity index (χ3n) is 3.76. The number of hydrogen-bond donors (Lipinski definition) is 0. The maximum Gasteiger partial charge on any atom is 0.376 e. The van der Waals surface area contributed by atoms with E-state index < -0.39 is 22.0 Å². The summed E-state index contributed by atoms with van der Waals surface area (Å²) in [6.07, 6.45) is 1.42. The molecule has 3 rings (SSSR count). The molecule has 134 valence electrons. The zero-order valence-corrected chi connectivity index (χ0v) is 13.8. The molecule has 0 aliphatic carbocycles. The molecule has 0 N–H and O–H groups in total. The highest BCUT2D eigenvalue weighted by Crippen LogP contribution is 2.22. The number of para-hydroxylation sites is 1. The summed E-state index contributed by atoms with van der Waals surface area (Å²) in [6, 6.07) is 10.8. The third kappa shape index (κ3) is 3.32. The number of nitrogens with zero attached hydrogens (tertiary/aromatic N) is 4. The van der Waals surface area contributed by atoms with Gasteiger partial charge in [-0.1, -0.05) is 18.2 Å². The van der Waals surface area contributed by atoms with Gasteiger partial charge in [0.25, 0.3) is 0 Å². The third-order valence-corrected chi connectivity index (χ3v) is 3.76. The molecule has 0 aliphatic rings. The van der Waals surface area contributed by atoms with E-state index in [0.717, 1.165) is 4.40 Å². The second-order valence-corrected chi connectivity index (χ2v) is 5.48. The first-order valence-electron chi connectivity index (χ1n) is 7.73. The average molecular weight is 358 g/mol. The highest BCUT2D eigenvalue weighted by Gasteiger charge is 2.26. The van der Waals surface area contributed by atoms with Gasteiger partial charge >= 0.3 is 11.2 Å². The minimum atomic E-state index is -0.766. The van der Waals surface area contributed by atoms with Crippen LogP contribution < -0.4 is 15.2 Å². The molecule has 8 nitrogen and oxygen atoms in total. The van der Waals surface area contributed by atoms with Crippen molar-refractivity contribution in [1.82, 2.24) is 9.38 Å². The number of aromatic nitrogens is 2. The number of hydrogen-bond acceptors (Lipinski definition) is 6. The van der Waals surface area contributed by atoms with E-state index in [0.29, 0.717) is 5.65 Å². The zero-order chi connectivity index (χ0) is 18.7. The first kappa shape index (κ1) is 17.3. The largest absolute Gasteiger partial charge is 0.489 e. The van der Waals surface area contributed by atoms with Crippen molar-refractivity contribution >= 4 is 17.2 Å². The van der Waals surface area contributed by atoms with Crippen molar-refractivity contribution in [2.75, 3.05) is 25.1 Å². The average Bonchev–Trinajstić information content (AvgIpc) is 2.62. The fourth-order valence-electron chi connectivity index (χ4n) is 2.45. The van der Waals surface area contributed by atoms with Crippen LogP contribution in [-0.2, 0) is 0 Å². The molecule has 0 aliphatic heterocycles. The molecule has 0 amide bonds. The van der Waals surface area contributed by atoms with Crippen molar-refractivity contribution in [3.8, 4) is 5.75 Å². The van der Waals surface area contributed by atoms with Gasteiger partial charge in [-0.15, -0.1) is 0 Å². The van der Waals surface area contributed by atoms with E-state index in [1.54, 1.807) is 37.4 Å². The number of likely N-dealkylation sites (N-methyl/N-ethyl adjacent to an activating group) is 1. The summed E-state index contributed by atoms with van der Waals surface area (Å²) in [5.74, 6) is -0.478. The van der Waals surface area contributed by atoms with Gasteiger partial charge in [-0.3, -0.25) is 19.3 Å². The summed E-state index contributed by atoms with van der Waals surface area (Å²) in [6.45, 7) is 0.231. The molecule has 2 aromatic heterocycles. The molecule has 0 unspecified atom stereocenters. The normalized spacial score (nSPS) is 10.7. The predicted molar refractivity (Wildman–Crippen MR) is 93.3 cm³/mol. The quantitative estimate of drug-likeness (QED) is 0.496. The molecule has 0 radical (unpaired) electrons. The van der Waals surface area contributed by atoms with E-state index in [4.69, 9.17) is 4.74 Å². The Bertz CT molecular complexity index is 1020. The number of pyridine rings is 1. The van der Waals surface area contributed by atoms with E-state index in [1.165, 1.54) is 23.2 Å². The fraction of sp³-hybridized carbons (Fsp3) is 0.176. The highest BCUT2D eigenvalue weighted by atomic mass is 19.1. The van der Waals surface area contributed by atoms with Gasteiger partial charge < -0.3 is 9.64 Å². The van der Waals surface area contributed by atoms with E-state index in [2.05, 4.69) is 4.98 Å². The fourth-order valence-corrected chi connectivity index (χ4v) is 2.45. The summed E-state index contributed by atoms with van der Waals surface area (Å²) in [7, 11) is 1.55. The van der Waals surface area contributed by atoms with Crippen molar-refractivity contribution in [3.63, 3.8) is 0 Å². The van der Waals surface area contributed by atoms with Gasteiger partial charge in [0.1, 0.15) is 12.3 Å². The van der Waals surface area contributed by atoms with Crippen LogP contribution >= 0.6 is 0 Å². The van der Waals surface area contributed by atoms with Crippen LogP contribution in [0.1, 0.15) is 0 Å². The Labute approximate surface area is 147 Å². The van der Waals surface area contributed by atoms with Crippen molar-refractivity contribution in [2.45, 2.75) is 0 Å². The Morgan fingerprint density at radius 2 is 2.00 bits per heavy atom. The van der Waals surface area contributed by atoms with Gasteiger partial charge in [0.05, 0.1) is 11.5 Å². The molecule has 0 atom stereocenters. The SMILES string of the molecule is CN(CCOc1ccccc1F)c1nc2ccccn2c(=O)c1[N+](=O)[O-]. The summed E-state index contributed by atoms with van der Waals surface area (Å²) >= 11 is 0. The van der Waals surface area contributed by atoms with Crippen molar-refractivity contribution in [3.05, 3.63) is 74.9 Å². The molecule has 3 aromatic rings. The maximum atomic E-state index is 13.6. The lowest BCUT2D eigenvalue weighted by Gasteiger charge is -2.18. The number of rotatable bonds is 6. The number of benzene rings is 1. The lowest BCUT2D eigenvalue weighted by molar-refractivity contribution is -0.385. The number of nitro groups is 1. The van der Waals surface area contributed by atoms with Gasteiger partial charge in [-0.05, 0) is 24.3 Å². The number of anilines is 1. The van der Waals surface area contributed by atoms with Crippen molar-refractivity contribution in [2.24, 2.45) is 0 Å². The highest BCUT2D eigenvalue weighted by molar-refractivity contribution is 5.61. The van der Waals surface area contributed by atoms with Gasteiger partial charge in [0.2, 0.25) is 5.82 Å². The van der Waals surface area contributed by atoms with Crippen LogP contribution in [0.5, 0.6) is 5.75 Å². The molecular weight excluding hydrogens is 343 g/mol. The lowest BCUT2D eigenvalue weighted by Crippen LogP contribution is -2.29. The number of fused-ring (bicyclic) bond motifs is 1. The molecule has 9 heteroatoms. The summed E-state index contributed by atoms with van der Waals surface area (Å²) in [5.41, 5.74) is -1.10. The number of halogens is 1. The lowest BCUT2D eigenvalue weighted by atomic mass is 10.3. The Morgan fingerprint density at radius 1 is 1.27 bits per heavy atom. The summed E-state index contributed by atoms with van der Waals surface area (Å²) in [5, 5.41) is 11.4. The summed E-state index contributed by atoms with van der Waals surface area (Å²) < 4.78 is 20.0. The standard InChI is InChI=1S/C17H15FN4O4/c1-20(10-11-26-13-7-3-2-6-12(13)18)16-15(22(24)25)17(23)21-9-5-4-8-14(21)19-16/h2-9H,10-11H2,1H3. The van der Waals surface area contributed by atoms with Gasteiger partial charge in [-0.25, -0.2) is 9.37 Å². The second kappa shape index (κ2) is 7.18. The van der Waals surface area contributed by atoms with Gasteiger partial charge in [0.15, 0.2) is 11.6 Å². The van der Waals surface area contributed by atoms with Gasteiger partial charge in [0, 0.05) is 13.2 Å². The van der Waals surface area contributed by atoms with Gasteiger partial charge in [-0.2, -0.15) is 0 Å². The topological polar surface area (TPSA) is 90.0 Å². The Kier molecular flexibility index (Phi) is 4.78. The molecular formula is C17H15FN4O4. The molecule has 0 bridgehead atoms. The van der Waals surface area contributed by atoms with Crippen LogP contribution in [0, 0.1) is 15.9 Å².